The van der Waals surface area contributed by atoms with Crippen molar-refractivity contribution in [3.05, 3.63) is 28.8 Å². The third-order valence-corrected chi connectivity index (χ3v) is 3.14. The van der Waals surface area contributed by atoms with Crippen LogP contribution in [0.15, 0.2) is 18.2 Å². The summed E-state index contributed by atoms with van der Waals surface area (Å²) in [7, 11) is 0. The molecule has 1 aromatic carbocycles. The van der Waals surface area contributed by atoms with Gasteiger partial charge in [-0.25, -0.2) is 0 Å². The number of ether oxygens (including phenoxy) is 1. The molecule has 0 fully saturated rings. The minimum absolute atomic E-state index is 0.764. The van der Waals surface area contributed by atoms with E-state index in [-0.39, 0.29) is 0 Å². The summed E-state index contributed by atoms with van der Waals surface area (Å²) in [5.41, 5.74) is 1.09. The SMILES string of the molecule is CCCCCOc1ccc(CBr)c(Cl)c1. The van der Waals surface area contributed by atoms with Gasteiger partial charge in [-0.15, -0.1) is 0 Å². The summed E-state index contributed by atoms with van der Waals surface area (Å²) in [5.74, 6) is 0.862. The molecule has 0 aliphatic heterocycles. The maximum absolute atomic E-state index is 6.06. The average Bonchev–Trinajstić information content (AvgIpc) is 2.25. The lowest BCUT2D eigenvalue weighted by Gasteiger charge is -2.07. The number of unbranched alkanes of at least 4 members (excludes halogenated alkanes) is 2. The number of alkyl halides is 1. The average molecular weight is 292 g/mol. The first-order valence-corrected chi connectivity index (χ1v) is 6.75. The zero-order chi connectivity index (χ0) is 11.1. The highest BCUT2D eigenvalue weighted by Crippen LogP contribution is 2.24. The summed E-state index contributed by atoms with van der Waals surface area (Å²) in [4.78, 5) is 0. The van der Waals surface area contributed by atoms with Gasteiger partial charge in [-0.3, -0.25) is 0 Å². The van der Waals surface area contributed by atoms with Crippen LogP contribution in [0.2, 0.25) is 5.02 Å². The van der Waals surface area contributed by atoms with Crippen molar-refractivity contribution in [2.24, 2.45) is 0 Å². The molecule has 0 amide bonds. The second-order valence-corrected chi connectivity index (χ2v) is 4.41. The van der Waals surface area contributed by atoms with Gasteiger partial charge in [0.15, 0.2) is 0 Å². The Hall–Kier alpha value is -0.210. The molecule has 0 radical (unpaired) electrons. The van der Waals surface area contributed by atoms with E-state index in [2.05, 4.69) is 22.9 Å². The number of halogens is 2. The Morgan fingerprint density at radius 1 is 1.33 bits per heavy atom. The monoisotopic (exact) mass is 290 g/mol. The molecule has 0 N–H and O–H groups in total. The van der Waals surface area contributed by atoms with E-state index in [1.54, 1.807) is 0 Å². The molecule has 15 heavy (non-hydrogen) atoms. The van der Waals surface area contributed by atoms with Crippen LogP contribution in [0.25, 0.3) is 0 Å². The van der Waals surface area contributed by atoms with Crippen molar-refractivity contribution in [3.8, 4) is 5.75 Å². The molecule has 0 saturated heterocycles. The summed E-state index contributed by atoms with van der Waals surface area (Å²) < 4.78 is 5.59. The summed E-state index contributed by atoms with van der Waals surface area (Å²) in [6, 6.07) is 5.84. The number of benzene rings is 1. The number of rotatable bonds is 6. The molecule has 0 aliphatic rings. The molecule has 84 valence electrons. The summed E-state index contributed by atoms with van der Waals surface area (Å²) in [6.07, 6.45) is 3.54. The summed E-state index contributed by atoms with van der Waals surface area (Å²) in [5, 5.41) is 1.54. The molecule has 0 saturated carbocycles. The maximum atomic E-state index is 6.06. The maximum Gasteiger partial charge on any atom is 0.120 e. The fourth-order valence-electron chi connectivity index (χ4n) is 1.27. The topological polar surface area (TPSA) is 9.23 Å². The Labute approximate surface area is 105 Å². The van der Waals surface area contributed by atoms with Crippen molar-refractivity contribution in [1.29, 1.82) is 0 Å². The molecule has 1 rings (SSSR count). The van der Waals surface area contributed by atoms with Gasteiger partial charge in [-0.1, -0.05) is 53.4 Å². The van der Waals surface area contributed by atoms with Crippen LogP contribution in [-0.2, 0) is 5.33 Å². The summed E-state index contributed by atoms with van der Waals surface area (Å²) >= 11 is 9.44. The van der Waals surface area contributed by atoms with Crippen molar-refractivity contribution >= 4 is 27.5 Å². The van der Waals surface area contributed by atoms with Crippen LogP contribution in [0.3, 0.4) is 0 Å². The highest BCUT2D eigenvalue weighted by Gasteiger charge is 2.01. The Kier molecular flexibility index (Phi) is 6.11. The lowest BCUT2D eigenvalue weighted by molar-refractivity contribution is 0.306. The van der Waals surface area contributed by atoms with Gasteiger partial charge in [0, 0.05) is 10.4 Å². The van der Waals surface area contributed by atoms with Crippen molar-refractivity contribution in [2.75, 3.05) is 6.61 Å². The van der Waals surface area contributed by atoms with Gasteiger partial charge in [0.2, 0.25) is 0 Å². The van der Waals surface area contributed by atoms with E-state index < -0.39 is 0 Å². The van der Waals surface area contributed by atoms with Crippen molar-refractivity contribution in [2.45, 2.75) is 31.5 Å². The molecule has 3 heteroatoms. The normalized spacial score (nSPS) is 10.3. The Bertz CT molecular complexity index is 302. The quantitative estimate of drug-likeness (QED) is 0.540. The minimum atomic E-state index is 0.764. The van der Waals surface area contributed by atoms with E-state index in [0.717, 1.165) is 34.7 Å². The van der Waals surface area contributed by atoms with Gasteiger partial charge >= 0.3 is 0 Å². The zero-order valence-corrected chi connectivity index (χ0v) is 11.3. The molecule has 0 aliphatic carbocycles. The highest BCUT2D eigenvalue weighted by atomic mass is 79.9. The van der Waals surface area contributed by atoms with E-state index in [9.17, 15) is 0 Å². The van der Waals surface area contributed by atoms with Gasteiger partial charge in [0.05, 0.1) is 6.61 Å². The molecule has 1 nitrogen and oxygen atoms in total. The molecule has 0 aromatic heterocycles. The molecule has 0 heterocycles. The first kappa shape index (κ1) is 12.9. The van der Waals surface area contributed by atoms with Crippen LogP contribution in [0.5, 0.6) is 5.75 Å². The van der Waals surface area contributed by atoms with E-state index in [1.807, 2.05) is 18.2 Å². The molecule has 0 spiro atoms. The zero-order valence-electron chi connectivity index (χ0n) is 8.93. The van der Waals surface area contributed by atoms with Crippen molar-refractivity contribution in [1.82, 2.24) is 0 Å². The van der Waals surface area contributed by atoms with Crippen LogP contribution in [0.1, 0.15) is 31.7 Å². The van der Waals surface area contributed by atoms with Gasteiger partial charge < -0.3 is 4.74 Å². The van der Waals surface area contributed by atoms with E-state index in [1.165, 1.54) is 12.8 Å². The van der Waals surface area contributed by atoms with Gasteiger partial charge in [-0.05, 0) is 24.1 Å². The third-order valence-electron chi connectivity index (χ3n) is 2.19. The highest BCUT2D eigenvalue weighted by molar-refractivity contribution is 9.08. The number of hydrogen-bond donors (Lipinski definition) is 0. The Morgan fingerprint density at radius 3 is 2.73 bits per heavy atom. The molecule has 0 unspecified atom stereocenters. The molecular formula is C12H16BrClO. The fourth-order valence-corrected chi connectivity index (χ4v) is 2.16. The van der Waals surface area contributed by atoms with Crippen LogP contribution in [0, 0.1) is 0 Å². The molecular weight excluding hydrogens is 275 g/mol. The van der Waals surface area contributed by atoms with Gasteiger partial charge in [-0.2, -0.15) is 0 Å². The van der Waals surface area contributed by atoms with Crippen LogP contribution >= 0.6 is 27.5 Å². The predicted molar refractivity (Wildman–Crippen MR) is 69.1 cm³/mol. The third kappa shape index (κ3) is 4.43. The lowest BCUT2D eigenvalue weighted by atomic mass is 10.2. The largest absolute Gasteiger partial charge is 0.494 e. The van der Waals surface area contributed by atoms with Gasteiger partial charge in [0.25, 0.3) is 0 Å². The van der Waals surface area contributed by atoms with E-state index in [0.29, 0.717) is 0 Å². The molecule has 0 atom stereocenters. The van der Waals surface area contributed by atoms with Gasteiger partial charge in [0.1, 0.15) is 5.75 Å². The first-order chi connectivity index (χ1) is 7.27. The second kappa shape index (κ2) is 7.13. The second-order valence-electron chi connectivity index (χ2n) is 3.44. The molecule has 1 aromatic rings. The summed E-state index contributed by atoms with van der Waals surface area (Å²) in [6.45, 7) is 2.96. The Balaban J connectivity index is 2.45. The van der Waals surface area contributed by atoms with Crippen molar-refractivity contribution < 1.29 is 4.74 Å². The van der Waals surface area contributed by atoms with Crippen LogP contribution in [0.4, 0.5) is 0 Å². The lowest BCUT2D eigenvalue weighted by Crippen LogP contribution is -1.97. The minimum Gasteiger partial charge on any atom is -0.494 e. The number of hydrogen-bond acceptors (Lipinski definition) is 1. The smallest absolute Gasteiger partial charge is 0.120 e. The van der Waals surface area contributed by atoms with E-state index in [4.69, 9.17) is 16.3 Å². The molecule has 0 bridgehead atoms. The Morgan fingerprint density at radius 2 is 2.13 bits per heavy atom. The first-order valence-electron chi connectivity index (χ1n) is 5.25. The van der Waals surface area contributed by atoms with Crippen molar-refractivity contribution in [3.63, 3.8) is 0 Å². The van der Waals surface area contributed by atoms with E-state index >= 15 is 0 Å². The standard InChI is InChI=1S/C12H16BrClO/c1-2-3-4-7-15-11-6-5-10(9-13)12(14)8-11/h5-6,8H,2-4,7,9H2,1H3. The predicted octanol–water partition coefficient (Wildman–Crippen LogP) is 4.80. The van der Waals surface area contributed by atoms with Crippen LogP contribution in [-0.4, -0.2) is 6.61 Å². The van der Waals surface area contributed by atoms with Crippen LogP contribution < -0.4 is 4.74 Å². The fraction of sp³-hybridized carbons (Fsp3) is 0.500.